The van der Waals surface area contributed by atoms with Gasteiger partial charge in [0.25, 0.3) is 0 Å². The fraction of sp³-hybridized carbons (Fsp3) is 0.375. The Morgan fingerprint density at radius 1 is 1.27 bits per heavy atom. The van der Waals surface area contributed by atoms with Crippen molar-refractivity contribution in [3.63, 3.8) is 0 Å². The maximum absolute atomic E-state index is 14.0. The lowest BCUT2D eigenvalue weighted by Gasteiger charge is -2.25. The van der Waals surface area contributed by atoms with Gasteiger partial charge in [0.2, 0.25) is 0 Å². The van der Waals surface area contributed by atoms with Crippen LogP contribution in [0, 0.1) is 11.6 Å². The van der Waals surface area contributed by atoms with E-state index in [1.165, 1.54) is 13.2 Å². The molecule has 0 fully saturated rings. The van der Waals surface area contributed by atoms with Crippen molar-refractivity contribution in [3.05, 3.63) is 53.6 Å². The van der Waals surface area contributed by atoms with Crippen molar-refractivity contribution < 1.29 is 13.5 Å². The molecule has 2 rings (SSSR count). The third-order valence-electron chi connectivity index (χ3n) is 3.65. The Morgan fingerprint density at radius 3 is 2.68 bits per heavy atom. The summed E-state index contributed by atoms with van der Waals surface area (Å²) in [6, 6.07) is 2.60. The van der Waals surface area contributed by atoms with Crippen molar-refractivity contribution >= 4 is 0 Å². The fourth-order valence-corrected chi connectivity index (χ4v) is 2.21. The van der Waals surface area contributed by atoms with E-state index in [1.807, 2.05) is 18.9 Å². The van der Waals surface area contributed by atoms with Gasteiger partial charge in [-0.1, -0.05) is 0 Å². The highest BCUT2D eigenvalue weighted by molar-refractivity contribution is 5.35. The van der Waals surface area contributed by atoms with Crippen LogP contribution in [0.1, 0.15) is 18.2 Å². The van der Waals surface area contributed by atoms with Crippen LogP contribution >= 0.6 is 0 Å². The van der Waals surface area contributed by atoms with Gasteiger partial charge in [0.05, 0.1) is 12.8 Å². The Balaban J connectivity index is 2.11. The molecule has 4 nitrogen and oxygen atoms in total. The second kappa shape index (κ2) is 7.26. The molecule has 0 unspecified atom stereocenters. The van der Waals surface area contributed by atoms with E-state index in [1.54, 1.807) is 18.6 Å². The van der Waals surface area contributed by atoms with E-state index in [9.17, 15) is 8.78 Å². The van der Waals surface area contributed by atoms with Gasteiger partial charge in [0, 0.05) is 43.2 Å². The molecule has 0 radical (unpaired) electrons. The van der Waals surface area contributed by atoms with Crippen LogP contribution < -0.4 is 4.74 Å². The van der Waals surface area contributed by atoms with Crippen LogP contribution in [-0.2, 0) is 13.0 Å². The summed E-state index contributed by atoms with van der Waals surface area (Å²) < 4.78 is 32.5. The minimum absolute atomic E-state index is 0.0871. The highest BCUT2D eigenvalue weighted by Gasteiger charge is 2.19. The molecule has 118 valence electrons. The molecule has 0 saturated heterocycles. The van der Waals surface area contributed by atoms with Gasteiger partial charge in [-0.15, -0.1) is 0 Å². The number of likely N-dealkylation sites (N-methyl/N-ethyl adjacent to an activating group) is 1. The summed E-state index contributed by atoms with van der Waals surface area (Å²) in [7, 11) is 3.30. The Morgan fingerprint density at radius 2 is 2.05 bits per heavy atom. The van der Waals surface area contributed by atoms with E-state index in [0.717, 1.165) is 11.8 Å². The predicted molar refractivity (Wildman–Crippen MR) is 79.6 cm³/mol. The summed E-state index contributed by atoms with van der Waals surface area (Å²) >= 11 is 0. The molecule has 0 saturated carbocycles. The van der Waals surface area contributed by atoms with Crippen molar-refractivity contribution in [2.45, 2.75) is 25.9 Å². The first kappa shape index (κ1) is 16.3. The molecule has 1 heterocycles. The quantitative estimate of drug-likeness (QED) is 0.822. The Bertz CT molecular complexity index is 622. The molecular weight excluding hydrogens is 288 g/mol. The van der Waals surface area contributed by atoms with Gasteiger partial charge < -0.3 is 4.74 Å². The number of benzene rings is 1. The molecule has 0 amide bonds. The number of halogens is 2. The van der Waals surface area contributed by atoms with E-state index < -0.39 is 11.6 Å². The molecule has 0 spiro atoms. The summed E-state index contributed by atoms with van der Waals surface area (Å²) in [5, 5.41) is 0. The first-order chi connectivity index (χ1) is 10.5. The topological polar surface area (TPSA) is 38.2 Å². The molecule has 1 atom stereocenters. The third-order valence-corrected chi connectivity index (χ3v) is 3.65. The van der Waals surface area contributed by atoms with Crippen LogP contribution in [0.15, 0.2) is 30.7 Å². The zero-order chi connectivity index (χ0) is 16.1. The molecule has 22 heavy (non-hydrogen) atoms. The van der Waals surface area contributed by atoms with E-state index >= 15 is 0 Å². The van der Waals surface area contributed by atoms with Crippen molar-refractivity contribution in [2.24, 2.45) is 0 Å². The number of hydrogen-bond donors (Lipinski definition) is 0. The molecule has 0 aliphatic rings. The molecule has 0 aliphatic carbocycles. The molecule has 0 aliphatic heterocycles. The number of hydrogen-bond acceptors (Lipinski definition) is 4. The van der Waals surface area contributed by atoms with Crippen LogP contribution in [0.2, 0.25) is 0 Å². The van der Waals surface area contributed by atoms with Crippen molar-refractivity contribution in [2.75, 3.05) is 14.2 Å². The van der Waals surface area contributed by atoms with E-state index in [4.69, 9.17) is 4.74 Å². The predicted octanol–water partition coefficient (Wildman–Crippen LogP) is 2.83. The highest BCUT2D eigenvalue weighted by atomic mass is 19.2. The first-order valence-electron chi connectivity index (χ1n) is 6.99. The smallest absolute Gasteiger partial charge is 0.167 e. The second-order valence-electron chi connectivity index (χ2n) is 5.21. The third kappa shape index (κ3) is 3.76. The SMILES string of the molecule is COc1ccc(F)c(F)c1CN(C)[C@@H](C)Cc1cnccn1. The standard InChI is InChI=1S/C16H19F2N3O/c1-11(8-12-9-19-6-7-20-12)21(2)10-13-15(22-3)5-4-14(17)16(13)18/h4-7,9,11H,8,10H2,1-3H3/t11-/m0/s1. The van der Waals surface area contributed by atoms with Gasteiger partial charge in [-0.25, -0.2) is 8.78 Å². The molecule has 0 N–H and O–H groups in total. The lowest BCUT2D eigenvalue weighted by molar-refractivity contribution is 0.238. The number of methoxy groups -OCH3 is 1. The van der Waals surface area contributed by atoms with Gasteiger partial charge in [0.15, 0.2) is 11.6 Å². The van der Waals surface area contributed by atoms with Crippen LogP contribution in [0.3, 0.4) is 0 Å². The summed E-state index contributed by atoms with van der Waals surface area (Å²) in [6.45, 7) is 2.24. The lowest BCUT2D eigenvalue weighted by Crippen LogP contribution is -2.31. The highest BCUT2D eigenvalue weighted by Crippen LogP contribution is 2.25. The van der Waals surface area contributed by atoms with Crippen LogP contribution in [0.5, 0.6) is 5.75 Å². The van der Waals surface area contributed by atoms with E-state index in [-0.39, 0.29) is 18.2 Å². The molecule has 1 aromatic heterocycles. The van der Waals surface area contributed by atoms with Gasteiger partial charge in [-0.3, -0.25) is 14.9 Å². The van der Waals surface area contributed by atoms with Crippen molar-refractivity contribution in [3.8, 4) is 5.75 Å². The zero-order valence-electron chi connectivity index (χ0n) is 12.9. The zero-order valence-corrected chi connectivity index (χ0v) is 12.9. The van der Waals surface area contributed by atoms with E-state index in [2.05, 4.69) is 9.97 Å². The summed E-state index contributed by atoms with van der Waals surface area (Å²) in [5.41, 5.74) is 1.07. The number of aromatic nitrogens is 2. The number of rotatable bonds is 6. The van der Waals surface area contributed by atoms with Crippen LogP contribution in [0.4, 0.5) is 8.78 Å². The maximum atomic E-state index is 14.0. The van der Waals surface area contributed by atoms with Crippen molar-refractivity contribution in [1.82, 2.24) is 14.9 Å². The van der Waals surface area contributed by atoms with Gasteiger partial charge in [0.1, 0.15) is 5.75 Å². The molecule has 2 aromatic rings. The molecule has 0 bridgehead atoms. The van der Waals surface area contributed by atoms with Gasteiger partial charge >= 0.3 is 0 Å². The molecule has 6 heteroatoms. The normalized spacial score (nSPS) is 12.5. The van der Waals surface area contributed by atoms with E-state index in [0.29, 0.717) is 12.2 Å². The summed E-state index contributed by atoms with van der Waals surface area (Å²) in [5.74, 6) is -1.39. The van der Waals surface area contributed by atoms with Crippen molar-refractivity contribution in [1.29, 1.82) is 0 Å². The average molecular weight is 307 g/mol. The Hall–Kier alpha value is -2.08. The summed E-state index contributed by atoms with van der Waals surface area (Å²) in [6.07, 6.45) is 5.62. The molecule has 1 aromatic carbocycles. The fourth-order valence-electron chi connectivity index (χ4n) is 2.21. The number of nitrogens with zero attached hydrogens (tertiary/aromatic N) is 3. The monoisotopic (exact) mass is 307 g/mol. The Labute approximate surface area is 128 Å². The second-order valence-corrected chi connectivity index (χ2v) is 5.21. The largest absolute Gasteiger partial charge is 0.496 e. The lowest BCUT2D eigenvalue weighted by atomic mass is 10.1. The number of ether oxygens (including phenoxy) is 1. The van der Waals surface area contributed by atoms with Gasteiger partial charge in [-0.2, -0.15) is 0 Å². The minimum atomic E-state index is -0.870. The maximum Gasteiger partial charge on any atom is 0.167 e. The Kier molecular flexibility index (Phi) is 5.38. The summed E-state index contributed by atoms with van der Waals surface area (Å²) in [4.78, 5) is 10.2. The first-order valence-corrected chi connectivity index (χ1v) is 6.99. The average Bonchev–Trinajstić information content (AvgIpc) is 2.53. The minimum Gasteiger partial charge on any atom is -0.496 e. The van der Waals surface area contributed by atoms with Crippen LogP contribution in [0.25, 0.3) is 0 Å². The molecular formula is C16H19F2N3O. The van der Waals surface area contributed by atoms with Crippen LogP contribution in [-0.4, -0.2) is 35.1 Å². The van der Waals surface area contributed by atoms with Gasteiger partial charge in [-0.05, 0) is 26.1 Å².